The number of halogens is 1. The Bertz CT molecular complexity index is 401. The molecule has 0 bridgehead atoms. The number of nitrogens with zero attached hydrogens (tertiary/aromatic N) is 1. The second kappa shape index (κ2) is 5.19. The zero-order valence-corrected chi connectivity index (χ0v) is 12.0. The van der Waals surface area contributed by atoms with E-state index in [1.807, 2.05) is 24.3 Å². The summed E-state index contributed by atoms with van der Waals surface area (Å²) < 4.78 is 27.0. The van der Waals surface area contributed by atoms with E-state index in [9.17, 15) is 8.94 Å². The zero-order valence-electron chi connectivity index (χ0n) is 11.1. The molecule has 4 heteroatoms. The van der Waals surface area contributed by atoms with Crippen molar-refractivity contribution in [1.82, 2.24) is 4.31 Å². The topological polar surface area (TPSA) is 26.3 Å². The number of alkyl halides is 1. The first-order valence-corrected chi connectivity index (χ1v) is 7.40. The minimum Gasteiger partial charge on any atom is -0.593 e. The molecule has 0 radical (unpaired) electrons. The molecule has 0 aromatic heterocycles. The summed E-state index contributed by atoms with van der Waals surface area (Å²) in [6.07, 6.45) is -0.339. The summed E-state index contributed by atoms with van der Waals surface area (Å²) in [5, 5.41) is 0. The van der Waals surface area contributed by atoms with Crippen LogP contribution in [0, 0.1) is 0 Å². The van der Waals surface area contributed by atoms with Crippen molar-refractivity contribution in [3.8, 4) is 0 Å². The van der Waals surface area contributed by atoms with Gasteiger partial charge < -0.3 is 4.55 Å². The lowest BCUT2D eigenvalue weighted by molar-refractivity contribution is 0.343. The van der Waals surface area contributed by atoms with E-state index in [4.69, 9.17) is 0 Å². The van der Waals surface area contributed by atoms with E-state index in [0.29, 0.717) is 13.0 Å². The molecule has 2 nitrogen and oxygen atoms in total. The molecular weight excluding hydrogens is 249 g/mol. The van der Waals surface area contributed by atoms with Gasteiger partial charge in [0.1, 0.15) is 6.17 Å². The molecule has 1 aromatic rings. The lowest BCUT2D eigenvalue weighted by Crippen LogP contribution is -2.29. The summed E-state index contributed by atoms with van der Waals surface area (Å²) >= 11 is -1.22. The first-order chi connectivity index (χ1) is 8.38. The minimum absolute atomic E-state index is 0.0949. The van der Waals surface area contributed by atoms with E-state index in [-0.39, 0.29) is 12.0 Å². The van der Waals surface area contributed by atoms with Crippen LogP contribution in [0.15, 0.2) is 29.2 Å². The smallest absolute Gasteiger partial charge is 0.174 e. The van der Waals surface area contributed by atoms with Crippen LogP contribution in [-0.2, 0) is 16.8 Å². The summed E-state index contributed by atoms with van der Waals surface area (Å²) in [4.78, 5) is 0.761. The highest BCUT2D eigenvalue weighted by Crippen LogP contribution is 2.26. The van der Waals surface area contributed by atoms with Crippen molar-refractivity contribution in [3.05, 3.63) is 29.8 Å². The second-order valence-corrected chi connectivity index (χ2v) is 7.28. The highest BCUT2D eigenvalue weighted by atomic mass is 32.2. The second-order valence-electron chi connectivity index (χ2n) is 5.80. The van der Waals surface area contributed by atoms with Gasteiger partial charge in [0.15, 0.2) is 4.90 Å². The van der Waals surface area contributed by atoms with Gasteiger partial charge >= 0.3 is 0 Å². The van der Waals surface area contributed by atoms with Gasteiger partial charge in [-0.2, -0.15) is 0 Å². The molecule has 0 aliphatic carbocycles. The van der Waals surface area contributed by atoms with E-state index in [0.717, 1.165) is 4.90 Å². The molecule has 1 aliphatic heterocycles. The molecular formula is C14H20FNOS. The van der Waals surface area contributed by atoms with Gasteiger partial charge in [-0.25, -0.2) is 4.39 Å². The first kappa shape index (κ1) is 13.8. The zero-order chi connectivity index (χ0) is 13.3. The maximum atomic E-state index is 13.1. The summed E-state index contributed by atoms with van der Waals surface area (Å²) in [6, 6.07) is 7.80. The monoisotopic (exact) mass is 269 g/mol. The van der Waals surface area contributed by atoms with Gasteiger partial charge in [0, 0.05) is 6.54 Å². The van der Waals surface area contributed by atoms with Crippen LogP contribution in [0.3, 0.4) is 0 Å². The molecule has 2 rings (SSSR count). The van der Waals surface area contributed by atoms with E-state index < -0.39 is 17.5 Å². The summed E-state index contributed by atoms with van der Waals surface area (Å²) in [7, 11) is 0. The molecule has 0 N–H and O–H groups in total. The number of hydrogen-bond donors (Lipinski definition) is 0. The van der Waals surface area contributed by atoms with Crippen LogP contribution in [0.25, 0.3) is 0 Å². The molecule has 1 unspecified atom stereocenters. The molecule has 0 amide bonds. The largest absolute Gasteiger partial charge is 0.593 e. The average molecular weight is 269 g/mol. The van der Waals surface area contributed by atoms with Crippen molar-refractivity contribution in [1.29, 1.82) is 0 Å². The number of benzene rings is 1. The van der Waals surface area contributed by atoms with Crippen molar-refractivity contribution in [2.24, 2.45) is 0 Å². The number of rotatable bonds is 2. The molecule has 1 aliphatic rings. The normalized spacial score (nSPS) is 23.3. The van der Waals surface area contributed by atoms with E-state index in [1.54, 1.807) is 4.31 Å². The summed E-state index contributed by atoms with van der Waals surface area (Å²) in [5.74, 6) is 0. The van der Waals surface area contributed by atoms with Gasteiger partial charge in [-0.3, -0.25) is 0 Å². The van der Waals surface area contributed by atoms with Crippen LogP contribution < -0.4 is 0 Å². The van der Waals surface area contributed by atoms with Crippen molar-refractivity contribution >= 4 is 11.4 Å². The molecule has 1 saturated heterocycles. The fraction of sp³-hybridized carbons (Fsp3) is 0.571. The quantitative estimate of drug-likeness (QED) is 0.771. The third-order valence-corrected chi connectivity index (χ3v) is 4.73. The highest BCUT2D eigenvalue weighted by molar-refractivity contribution is 7.89. The SMILES string of the molecule is CC(C)(C)c1ccc([S+]([O-])N2CC[C@@H](F)C2)cc1. The Morgan fingerprint density at radius 3 is 2.33 bits per heavy atom. The van der Waals surface area contributed by atoms with Crippen molar-refractivity contribution < 1.29 is 8.94 Å². The average Bonchev–Trinajstić information content (AvgIpc) is 2.74. The molecule has 18 heavy (non-hydrogen) atoms. The Morgan fingerprint density at radius 1 is 1.28 bits per heavy atom. The Balaban J connectivity index is 2.10. The van der Waals surface area contributed by atoms with Gasteiger partial charge in [-0.05, 0) is 29.5 Å². The third-order valence-electron chi connectivity index (χ3n) is 3.25. The maximum absolute atomic E-state index is 13.1. The van der Waals surface area contributed by atoms with Crippen molar-refractivity contribution in [2.45, 2.75) is 43.7 Å². The van der Waals surface area contributed by atoms with Crippen LogP contribution in [0.4, 0.5) is 4.39 Å². The van der Waals surface area contributed by atoms with E-state index in [1.165, 1.54) is 5.56 Å². The molecule has 0 spiro atoms. The van der Waals surface area contributed by atoms with Gasteiger partial charge in [0.05, 0.1) is 17.9 Å². The maximum Gasteiger partial charge on any atom is 0.174 e. The minimum atomic E-state index is -1.22. The van der Waals surface area contributed by atoms with Crippen LogP contribution in [0.5, 0.6) is 0 Å². The summed E-state index contributed by atoms with van der Waals surface area (Å²) in [6.45, 7) is 7.30. The predicted molar refractivity (Wildman–Crippen MR) is 72.6 cm³/mol. The Labute approximate surface area is 112 Å². The first-order valence-electron chi connectivity index (χ1n) is 6.29. The van der Waals surface area contributed by atoms with Gasteiger partial charge in [-0.15, -0.1) is 4.31 Å². The lowest BCUT2D eigenvalue weighted by atomic mass is 9.87. The Kier molecular flexibility index (Phi) is 3.99. The van der Waals surface area contributed by atoms with Crippen molar-refractivity contribution in [2.75, 3.05) is 13.1 Å². The molecule has 1 fully saturated rings. The van der Waals surface area contributed by atoms with Gasteiger partial charge in [0.25, 0.3) is 0 Å². The fourth-order valence-corrected chi connectivity index (χ4v) is 3.29. The van der Waals surface area contributed by atoms with Crippen LogP contribution >= 0.6 is 0 Å². The molecule has 100 valence electrons. The lowest BCUT2D eigenvalue weighted by Gasteiger charge is -2.21. The van der Waals surface area contributed by atoms with E-state index in [2.05, 4.69) is 20.8 Å². The van der Waals surface area contributed by atoms with E-state index >= 15 is 0 Å². The molecule has 1 aromatic carbocycles. The molecule has 0 saturated carbocycles. The standard InChI is InChI=1S/C14H20FNOS/c1-14(2,3)11-4-6-13(7-5-11)18(17)16-9-8-12(15)10-16/h4-7,12H,8-10H2,1-3H3/t12-,18?/m1/s1. The summed E-state index contributed by atoms with van der Waals surface area (Å²) in [5.41, 5.74) is 1.31. The third kappa shape index (κ3) is 3.05. The Hall–Kier alpha value is -0.580. The molecule has 1 heterocycles. The van der Waals surface area contributed by atoms with Gasteiger partial charge in [0.2, 0.25) is 0 Å². The highest BCUT2D eigenvalue weighted by Gasteiger charge is 2.32. The fourth-order valence-electron chi connectivity index (χ4n) is 2.06. The number of hydrogen-bond acceptors (Lipinski definition) is 2. The molecule has 2 atom stereocenters. The van der Waals surface area contributed by atoms with Crippen LogP contribution in [0.2, 0.25) is 0 Å². The van der Waals surface area contributed by atoms with Crippen LogP contribution in [-0.4, -0.2) is 28.1 Å². The van der Waals surface area contributed by atoms with Gasteiger partial charge in [-0.1, -0.05) is 32.9 Å². The predicted octanol–water partition coefficient (Wildman–Crippen LogP) is 3.05. The van der Waals surface area contributed by atoms with Crippen LogP contribution in [0.1, 0.15) is 32.8 Å². The Morgan fingerprint density at radius 2 is 1.89 bits per heavy atom. The van der Waals surface area contributed by atoms with Crippen molar-refractivity contribution in [3.63, 3.8) is 0 Å².